The van der Waals surface area contributed by atoms with E-state index >= 15 is 0 Å². The molecule has 3 aromatic rings. The summed E-state index contributed by atoms with van der Waals surface area (Å²) in [6.45, 7) is 0. The van der Waals surface area contributed by atoms with Crippen molar-refractivity contribution < 1.29 is 4.52 Å². The van der Waals surface area contributed by atoms with Crippen molar-refractivity contribution in [2.45, 2.75) is 31.1 Å². The van der Waals surface area contributed by atoms with E-state index < -0.39 is 0 Å². The largest absolute Gasteiger partial charge is 0.356 e. The molecule has 104 valence electrons. The number of fused-ring (bicyclic) bond motifs is 4. The van der Waals surface area contributed by atoms with Gasteiger partial charge in [-0.15, -0.1) is 0 Å². The Hall–Kier alpha value is -2.36. The summed E-state index contributed by atoms with van der Waals surface area (Å²) in [4.78, 5) is 0. The van der Waals surface area contributed by atoms with Crippen LogP contribution < -0.4 is 0 Å². The number of nitrogens with one attached hydrogen (secondary N) is 1. The Balaban J connectivity index is 1.63. The first kappa shape index (κ1) is 11.3. The van der Waals surface area contributed by atoms with E-state index in [1.807, 2.05) is 12.3 Å². The second-order valence-corrected chi connectivity index (χ2v) is 6.28. The lowest BCUT2D eigenvalue weighted by Crippen LogP contribution is -2.16. The van der Waals surface area contributed by atoms with Gasteiger partial charge in [0.1, 0.15) is 0 Å². The van der Waals surface area contributed by atoms with Gasteiger partial charge >= 0.3 is 0 Å². The first-order chi connectivity index (χ1) is 10.3. The van der Waals surface area contributed by atoms with E-state index in [9.17, 15) is 0 Å². The fraction of sp³-hybridized carbons (Fsp3) is 0.294. The van der Waals surface area contributed by atoms with Gasteiger partial charge in [-0.05, 0) is 42.5 Å². The van der Waals surface area contributed by atoms with E-state index in [1.54, 1.807) is 6.20 Å². The molecular formula is C17H15N3O. The Kier molecular flexibility index (Phi) is 2.07. The fourth-order valence-corrected chi connectivity index (χ4v) is 3.62. The number of benzene rings is 1. The van der Waals surface area contributed by atoms with Gasteiger partial charge in [0.05, 0.1) is 6.20 Å². The van der Waals surface area contributed by atoms with Crippen LogP contribution in [-0.4, -0.2) is 15.4 Å². The third-order valence-electron chi connectivity index (χ3n) is 4.88. The predicted octanol–water partition coefficient (Wildman–Crippen LogP) is 3.24. The van der Waals surface area contributed by atoms with E-state index in [4.69, 9.17) is 4.52 Å². The smallest absolute Gasteiger partial charge is 0.170 e. The van der Waals surface area contributed by atoms with Crippen molar-refractivity contribution >= 4 is 0 Å². The zero-order valence-electron chi connectivity index (χ0n) is 11.6. The molecule has 2 heterocycles. The Labute approximate surface area is 122 Å². The van der Waals surface area contributed by atoms with Crippen LogP contribution in [0.25, 0.3) is 11.3 Å². The van der Waals surface area contributed by atoms with E-state index in [2.05, 4.69) is 33.6 Å². The minimum absolute atomic E-state index is 0.362. The Morgan fingerprint density at radius 2 is 2.19 bits per heavy atom. The maximum absolute atomic E-state index is 5.52. The average Bonchev–Trinajstić information content (AvgIpc) is 2.91. The van der Waals surface area contributed by atoms with Gasteiger partial charge in [0, 0.05) is 34.9 Å². The van der Waals surface area contributed by atoms with Crippen molar-refractivity contribution in [3.8, 4) is 11.3 Å². The summed E-state index contributed by atoms with van der Waals surface area (Å²) in [5, 5.41) is 11.0. The van der Waals surface area contributed by atoms with E-state index in [0.29, 0.717) is 5.41 Å². The average molecular weight is 277 g/mol. The Morgan fingerprint density at radius 1 is 1.24 bits per heavy atom. The van der Waals surface area contributed by atoms with E-state index in [1.165, 1.54) is 35.1 Å². The van der Waals surface area contributed by atoms with Gasteiger partial charge < -0.3 is 4.52 Å². The number of H-pyrrole nitrogens is 1. The van der Waals surface area contributed by atoms with Crippen molar-refractivity contribution in [3.63, 3.8) is 0 Å². The van der Waals surface area contributed by atoms with Crippen molar-refractivity contribution in [2.75, 3.05) is 0 Å². The highest BCUT2D eigenvalue weighted by Crippen LogP contribution is 2.57. The molecule has 0 unspecified atom stereocenters. The molecule has 0 radical (unpaired) electrons. The number of aromatic amines is 1. The SMILES string of the molecule is c1cc(Cc2ccc3c(c2)-c2oncc2CC32CC2)[nH]n1. The number of rotatable bonds is 2. The Bertz CT molecular complexity index is 812. The van der Waals surface area contributed by atoms with Gasteiger partial charge in [0.15, 0.2) is 5.76 Å². The lowest BCUT2D eigenvalue weighted by molar-refractivity contribution is 0.428. The van der Waals surface area contributed by atoms with Crippen LogP contribution in [-0.2, 0) is 18.3 Å². The standard InChI is InChI=1S/C17H15N3O/c1-2-15-14(8-11(1)7-13-3-6-18-20-13)16-12(10-19-21-16)9-17(15)4-5-17/h1-3,6,8,10H,4-5,7,9H2,(H,18,20). The highest BCUT2D eigenvalue weighted by atomic mass is 16.5. The fourth-order valence-electron chi connectivity index (χ4n) is 3.62. The molecule has 1 aromatic carbocycles. The summed E-state index contributed by atoms with van der Waals surface area (Å²) in [6, 6.07) is 8.81. The van der Waals surface area contributed by atoms with Crippen molar-refractivity contribution in [1.29, 1.82) is 0 Å². The molecule has 0 bridgehead atoms. The summed E-state index contributed by atoms with van der Waals surface area (Å²) in [5.74, 6) is 0.967. The molecule has 2 aromatic heterocycles. The van der Waals surface area contributed by atoms with Crippen molar-refractivity contribution in [2.24, 2.45) is 0 Å². The maximum atomic E-state index is 5.52. The zero-order chi connectivity index (χ0) is 13.9. The lowest BCUT2D eigenvalue weighted by Gasteiger charge is -2.24. The van der Waals surface area contributed by atoms with Gasteiger partial charge in [-0.2, -0.15) is 5.10 Å². The molecule has 1 spiro atoms. The molecule has 0 amide bonds. The summed E-state index contributed by atoms with van der Waals surface area (Å²) in [6.07, 6.45) is 8.19. The highest BCUT2D eigenvalue weighted by Gasteiger charge is 2.49. The minimum Gasteiger partial charge on any atom is -0.356 e. The van der Waals surface area contributed by atoms with E-state index in [-0.39, 0.29) is 0 Å². The summed E-state index contributed by atoms with van der Waals surface area (Å²) in [5.41, 5.74) is 6.71. The molecule has 0 saturated heterocycles. The van der Waals surface area contributed by atoms with Gasteiger partial charge in [0.25, 0.3) is 0 Å². The lowest BCUT2D eigenvalue weighted by atomic mass is 9.79. The third-order valence-corrected chi connectivity index (χ3v) is 4.88. The van der Waals surface area contributed by atoms with Gasteiger partial charge in [-0.3, -0.25) is 5.10 Å². The van der Waals surface area contributed by atoms with Crippen LogP contribution in [0.15, 0.2) is 41.2 Å². The molecule has 5 rings (SSSR count). The zero-order valence-corrected chi connectivity index (χ0v) is 11.6. The molecular weight excluding hydrogens is 262 g/mol. The third kappa shape index (κ3) is 1.62. The summed E-state index contributed by atoms with van der Waals surface area (Å²) < 4.78 is 5.52. The van der Waals surface area contributed by atoms with Crippen LogP contribution in [0.3, 0.4) is 0 Å². The normalized spacial score (nSPS) is 17.5. The highest BCUT2D eigenvalue weighted by molar-refractivity contribution is 5.72. The molecule has 0 atom stereocenters. The van der Waals surface area contributed by atoms with Crippen molar-refractivity contribution in [1.82, 2.24) is 15.4 Å². The van der Waals surface area contributed by atoms with E-state index in [0.717, 1.165) is 24.3 Å². The Morgan fingerprint density at radius 3 is 3.00 bits per heavy atom. The molecule has 0 aliphatic heterocycles. The quantitative estimate of drug-likeness (QED) is 0.782. The van der Waals surface area contributed by atoms with Gasteiger partial charge in [-0.25, -0.2) is 0 Å². The maximum Gasteiger partial charge on any atom is 0.170 e. The first-order valence-electron chi connectivity index (χ1n) is 7.40. The minimum atomic E-state index is 0.362. The topological polar surface area (TPSA) is 54.7 Å². The number of aromatic nitrogens is 3. The number of hydrogen-bond donors (Lipinski definition) is 1. The first-order valence-corrected chi connectivity index (χ1v) is 7.40. The van der Waals surface area contributed by atoms with Gasteiger partial charge in [0.2, 0.25) is 0 Å². The van der Waals surface area contributed by atoms with Crippen LogP contribution in [0.4, 0.5) is 0 Å². The molecule has 1 N–H and O–H groups in total. The van der Waals surface area contributed by atoms with Gasteiger partial charge in [-0.1, -0.05) is 17.3 Å². The van der Waals surface area contributed by atoms with Crippen LogP contribution in [0.2, 0.25) is 0 Å². The predicted molar refractivity (Wildman–Crippen MR) is 77.9 cm³/mol. The molecule has 1 saturated carbocycles. The molecule has 1 fully saturated rings. The number of nitrogens with zero attached hydrogens (tertiary/aromatic N) is 2. The second kappa shape index (κ2) is 3.85. The van der Waals surface area contributed by atoms with Crippen LogP contribution >= 0.6 is 0 Å². The van der Waals surface area contributed by atoms with Crippen LogP contribution in [0, 0.1) is 0 Å². The number of hydrogen-bond acceptors (Lipinski definition) is 3. The second-order valence-electron chi connectivity index (χ2n) is 6.28. The summed E-state index contributed by atoms with van der Waals surface area (Å²) >= 11 is 0. The molecule has 4 heteroatoms. The summed E-state index contributed by atoms with van der Waals surface area (Å²) in [7, 11) is 0. The molecule has 21 heavy (non-hydrogen) atoms. The molecule has 4 nitrogen and oxygen atoms in total. The molecule has 2 aliphatic carbocycles. The van der Waals surface area contributed by atoms with Crippen molar-refractivity contribution in [3.05, 3.63) is 59.0 Å². The van der Waals surface area contributed by atoms with Crippen LogP contribution in [0.5, 0.6) is 0 Å². The monoisotopic (exact) mass is 277 g/mol. The van der Waals surface area contributed by atoms with Crippen LogP contribution in [0.1, 0.15) is 35.2 Å². The molecule has 2 aliphatic rings.